The molecule has 0 saturated carbocycles. The predicted octanol–water partition coefficient (Wildman–Crippen LogP) is 3.62. The molecule has 16 heavy (non-hydrogen) atoms. The molecule has 1 aromatic carbocycles. The fraction of sp³-hybridized carbons (Fsp3) is 0.308. The second kappa shape index (κ2) is 4.31. The summed E-state index contributed by atoms with van der Waals surface area (Å²) in [6, 6.07) is 4.21. The molecule has 0 aliphatic heterocycles. The van der Waals surface area contributed by atoms with Crippen LogP contribution in [0.3, 0.4) is 0 Å². The van der Waals surface area contributed by atoms with Gasteiger partial charge in [-0.15, -0.1) is 0 Å². The van der Waals surface area contributed by atoms with Crippen molar-refractivity contribution in [3.05, 3.63) is 33.3 Å². The van der Waals surface area contributed by atoms with E-state index in [-0.39, 0.29) is 0 Å². The number of ether oxygens (including phenoxy) is 1. The highest BCUT2D eigenvalue weighted by molar-refractivity contribution is 9.10. The van der Waals surface area contributed by atoms with E-state index in [4.69, 9.17) is 10.00 Å². The number of hydrogen-bond acceptors (Lipinski definition) is 2. The lowest BCUT2D eigenvalue weighted by Crippen LogP contribution is -1.94. The number of fused-ring (bicyclic) bond motifs is 1. The van der Waals surface area contributed by atoms with Crippen molar-refractivity contribution >= 4 is 21.5 Å². The summed E-state index contributed by atoms with van der Waals surface area (Å²) in [5.41, 5.74) is 4.74. The Morgan fingerprint density at radius 2 is 2.25 bits per heavy atom. The molecule has 0 N–H and O–H groups in total. The molecule has 3 heteroatoms. The molecule has 82 valence electrons. The highest BCUT2D eigenvalue weighted by Crippen LogP contribution is 2.42. The van der Waals surface area contributed by atoms with Gasteiger partial charge in [0.25, 0.3) is 0 Å². The minimum atomic E-state index is 0.865. The monoisotopic (exact) mass is 277 g/mol. The number of nitrogens with zero attached hydrogens (tertiary/aromatic N) is 1. The summed E-state index contributed by atoms with van der Waals surface area (Å²) < 4.78 is 6.36. The van der Waals surface area contributed by atoms with Gasteiger partial charge < -0.3 is 4.74 Å². The summed E-state index contributed by atoms with van der Waals surface area (Å²) in [6.07, 6.45) is 3.60. The second-order valence-electron chi connectivity index (χ2n) is 3.85. The molecule has 0 aromatic heterocycles. The van der Waals surface area contributed by atoms with E-state index in [0.717, 1.165) is 34.2 Å². The maximum absolute atomic E-state index is 8.76. The first-order chi connectivity index (χ1) is 7.69. The van der Waals surface area contributed by atoms with E-state index < -0.39 is 0 Å². The van der Waals surface area contributed by atoms with Crippen LogP contribution in [0.1, 0.15) is 23.1 Å². The molecule has 2 nitrogen and oxygen atoms in total. The van der Waals surface area contributed by atoms with E-state index in [1.165, 1.54) is 11.1 Å². The summed E-state index contributed by atoms with van der Waals surface area (Å²) in [6.45, 7) is 2.04. The van der Waals surface area contributed by atoms with E-state index in [1.807, 2.05) is 6.92 Å². The van der Waals surface area contributed by atoms with E-state index in [2.05, 4.69) is 28.1 Å². The standard InChI is InChI=1S/C13H12BrNO/c1-8-12-9(5-6-15)3-4-10(12)7-11(14)13(8)16-2/h5,7H,3-4H2,1-2H3/b9-5-. The number of halogens is 1. The zero-order valence-corrected chi connectivity index (χ0v) is 10.9. The predicted molar refractivity (Wildman–Crippen MR) is 67.3 cm³/mol. The molecular weight excluding hydrogens is 266 g/mol. The molecule has 0 radical (unpaired) electrons. The Kier molecular flexibility index (Phi) is 3.02. The van der Waals surface area contributed by atoms with Crippen molar-refractivity contribution < 1.29 is 4.74 Å². The Hall–Kier alpha value is -1.27. The lowest BCUT2D eigenvalue weighted by Gasteiger charge is -2.12. The third-order valence-electron chi connectivity index (χ3n) is 2.98. The van der Waals surface area contributed by atoms with Crippen LogP contribution in [-0.4, -0.2) is 7.11 Å². The van der Waals surface area contributed by atoms with Crippen LogP contribution in [0, 0.1) is 18.3 Å². The number of benzene rings is 1. The molecule has 0 saturated heterocycles. The molecule has 1 aliphatic carbocycles. The largest absolute Gasteiger partial charge is 0.495 e. The minimum Gasteiger partial charge on any atom is -0.495 e. The fourth-order valence-electron chi connectivity index (χ4n) is 2.34. The molecule has 1 aliphatic rings. The third-order valence-corrected chi connectivity index (χ3v) is 3.57. The van der Waals surface area contributed by atoms with Gasteiger partial charge in [-0.3, -0.25) is 0 Å². The van der Waals surface area contributed by atoms with E-state index in [0.29, 0.717) is 0 Å². The smallest absolute Gasteiger partial charge is 0.136 e. The summed E-state index contributed by atoms with van der Waals surface area (Å²) in [4.78, 5) is 0. The van der Waals surface area contributed by atoms with Crippen LogP contribution < -0.4 is 4.74 Å². The quantitative estimate of drug-likeness (QED) is 0.735. The van der Waals surface area contributed by atoms with Crippen LogP contribution in [0.4, 0.5) is 0 Å². The van der Waals surface area contributed by atoms with E-state index >= 15 is 0 Å². The Bertz CT molecular complexity index is 512. The van der Waals surface area contributed by atoms with Gasteiger partial charge >= 0.3 is 0 Å². The van der Waals surface area contributed by atoms with Crippen LogP contribution >= 0.6 is 15.9 Å². The zero-order chi connectivity index (χ0) is 11.7. The lowest BCUT2D eigenvalue weighted by atomic mass is 10.0. The summed E-state index contributed by atoms with van der Waals surface area (Å²) in [5.74, 6) is 0.865. The Balaban J connectivity index is 2.68. The van der Waals surface area contributed by atoms with Crippen molar-refractivity contribution in [2.24, 2.45) is 0 Å². The van der Waals surface area contributed by atoms with Gasteiger partial charge in [-0.05, 0) is 64.0 Å². The zero-order valence-electron chi connectivity index (χ0n) is 9.30. The highest BCUT2D eigenvalue weighted by Gasteiger charge is 2.22. The lowest BCUT2D eigenvalue weighted by molar-refractivity contribution is 0.409. The van der Waals surface area contributed by atoms with E-state index in [9.17, 15) is 0 Å². The Morgan fingerprint density at radius 1 is 1.50 bits per heavy atom. The average molecular weight is 278 g/mol. The van der Waals surface area contributed by atoms with Crippen molar-refractivity contribution in [1.29, 1.82) is 5.26 Å². The number of nitriles is 1. The van der Waals surface area contributed by atoms with E-state index in [1.54, 1.807) is 13.2 Å². The van der Waals surface area contributed by atoms with Gasteiger partial charge in [0.2, 0.25) is 0 Å². The first-order valence-corrected chi connectivity index (χ1v) is 5.93. The molecule has 0 amide bonds. The summed E-state index contributed by atoms with van der Waals surface area (Å²) >= 11 is 3.51. The molecule has 0 atom stereocenters. The number of hydrogen-bond donors (Lipinski definition) is 0. The van der Waals surface area contributed by atoms with Crippen molar-refractivity contribution in [1.82, 2.24) is 0 Å². The second-order valence-corrected chi connectivity index (χ2v) is 4.70. The summed E-state index contributed by atoms with van der Waals surface area (Å²) in [5, 5.41) is 8.76. The summed E-state index contributed by atoms with van der Waals surface area (Å²) in [7, 11) is 1.67. The van der Waals surface area contributed by atoms with Crippen molar-refractivity contribution in [2.45, 2.75) is 19.8 Å². The third kappa shape index (κ3) is 1.64. The molecule has 0 bridgehead atoms. The SMILES string of the molecule is COc1c(Br)cc2c(c1C)/C(=C\C#N)CC2. The maximum atomic E-state index is 8.76. The van der Waals surface area contributed by atoms with Gasteiger partial charge in [-0.1, -0.05) is 0 Å². The van der Waals surface area contributed by atoms with Gasteiger partial charge in [0.1, 0.15) is 5.75 Å². The van der Waals surface area contributed by atoms with Crippen LogP contribution in [0.15, 0.2) is 16.6 Å². The normalized spacial score (nSPS) is 16.0. The van der Waals surface area contributed by atoms with Gasteiger partial charge in [-0.25, -0.2) is 0 Å². The topological polar surface area (TPSA) is 33.0 Å². The van der Waals surface area contributed by atoms with Crippen LogP contribution in [0.2, 0.25) is 0 Å². The van der Waals surface area contributed by atoms with Gasteiger partial charge in [0.15, 0.2) is 0 Å². The van der Waals surface area contributed by atoms with Crippen molar-refractivity contribution in [3.8, 4) is 11.8 Å². The molecular formula is C13H12BrNO. The Morgan fingerprint density at radius 3 is 2.88 bits per heavy atom. The first kappa shape index (κ1) is 11.2. The number of aryl methyl sites for hydroxylation is 1. The molecule has 0 heterocycles. The molecule has 1 aromatic rings. The molecule has 0 fully saturated rings. The Labute approximate surface area is 104 Å². The number of methoxy groups -OCH3 is 1. The number of allylic oxidation sites excluding steroid dienone is 2. The molecule has 0 unspecified atom stereocenters. The van der Waals surface area contributed by atoms with Gasteiger partial charge in [-0.2, -0.15) is 5.26 Å². The minimum absolute atomic E-state index is 0.865. The first-order valence-electron chi connectivity index (χ1n) is 5.14. The van der Waals surface area contributed by atoms with Crippen LogP contribution in [0.5, 0.6) is 5.75 Å². The average Bonchev–Trinajstić information content (AvgIpc) is 2.62. The van der Waals surface area contributed by atoms with Crippen molar-refractivity contribution in [2.75, 3.05) is 7.11 Å². The maximum Gasteiger partial charge on any atom is 0.136 e. The molecule has 0 spiro atoms. The fourth-order valence-corrected chi connectivity index (χ4v) is 3.07. The van der Waals surface area contributed by atoms with Crippen LogP contribution in [0.25, 0.3) is 5.57 Å². The van der Waals surface area contributed by atoms with Gasteiger partial charge in [0, 0.05) is 6.08 Å². The highest BCUT2D eigenvalue weighted by atomic mass is 79.9. The van der Waals surface area contributed by atoms with Crippen LogP contribution in [-0.2, 0) is 6.42 Å². The van der Waals surface area contributed by atoms with Gasteiger partial charge in [0.05, 0.1) is 17.7 Å². The number of rotatable bonds is 1. The molecule has 2 rings (SSSR count). The van der Waals surface area contributed by atoms with Crippen molar-refractivity contribution in [3.63, 3.8) is 0 Å².